The average molecular weight is 304 g/mol. The number of nitrogens with one attached hydrogen (secondary N) is 2. The lowest BCUT2D eigenvalue weighted by Crippen LogP contribution is -2.27. The van der Waals surface area contributed by atoms with Crippen LogP contribution in [0.25, 0.3) is 0 Å². The molecule has 1 aliphatic heterocycles. The monoisotopic (exact) mass is 304 g/mol. The summed E-state index contributed by atoms with van der Waals surface area (Å²) in [6.45, 7) is 1.24. The van der Waals surface area contributed by atoms with E-state index in [1.807, 2.05) is 30.3 Å². The number of carbonyl (C=O) groups excluding carboxylic acids is 1. The van der Waals surface area contributed by atoms with E-state index in [1.54, 1.807) is 12.5 Å². The molecule has 1 aromatic heterocycles. The third-order valence-corrected chi connectivity index (χ3v) is 4.10. The SMILES string of the molecule is O=C1OCCC1NSc1ccc(NCc2ccoc2)cc1. The van der Waals surface area contributed by atoms with E-state index in [4.69, 9.17) is 9.15 Å². The maximum absolute atomic E-state index is 11.3. The molecule has 5 nitrogen and oxygen atoms in total. The Hall–Kier alpha value is -1.92. The van der Waals surface area contributed by atoms with Gasteiger partial charge in [-0.05, 0) is 42.3 Å². The first-order valence-electron chi connectivity index (χ1n) is 6.75. The van der Waals surface area contributed by atoms with Gasteiger partial charge >= 0.3 is 5.97 Å². The molecule has 2 N–H and O–H groups in total. The van der Waals surface area contributed by atoms with Crippen molar-refractivity contribution >= 4 is 23.6 Å². The second-order valence-electron chi connectivity index (χ2n) is 4.74. The zero-order chi connectivity index (χ0) is 14.5. The van der Waals surface area contributed by atoms with Gasteiger partial charge in [0.15, 0.2) is 0 Å². The molecular formula is C15H16N2O3S. The first-order chi connectivity index (χ1) is 10.3. The quantitative estimate of drug-likeness (QED) is 0.632. The zero-order valence-corrected chi connectivity index (χ0v) is 12.2. The molecule has 1 atom stereocenters. The molecule has 2 heterocycles. The van der Waals surface area contributed by atoms with Gasteiger partial charge in [-0.2, -0.15) is 0 Å². The molecule has 0 amide bonds. The van der Waals surface area contributed by atoms with E-state index in [1.165, 1.54) is 11.9 Å². The predicted molar refractivity (Wildman–Crippen MR) is 80.8 cm³/mol. The van der Waals surface area contributed by atoms with Crippen LogP contribution in [0.4, 0.5) is 5.69 Å². The van der Waals surface area contributed by atoms with Crippen LogP contribution >= 0.6 is 11.9 Å². The van der Waals surface area contributed by atoms with E-state index in [0.29, 0.717) is 6.61 Å². The number of anilines is 1. The standard InChI is InChI=1S/C15H16N2O3S/c18-15-14(6-8-20-15)17-21-13-3-1-12(2-4-13)16-9-11-5-7-19-10-11/h1-5,7,10,14,16-17H,6,8-9H2. The molecule has 110 valence electrons. The number of carbonyl (C=O) groups is 1. The summed E-state index contributed by atoms with van der Waals surface area (Å²) < 4.78 is 13.1. The van der Waals surface area contributed by atoms with Gasteiger partial charge in [0.25, 0.3) is 0 Å². The minimum atomic E-state index is -0.200. The van der Waals surface area contributed by atoms with E-state index >= 15 is 0 Å². The summed E-state index contributed by atoms with van der Waals surface area (Å²) in [6.07, 6.45) is 4.12. The normalized spacial score (nSPS) is 17.7. The topological polar surface area (TPSA) is 63.5 Å². The molecule has 2 aromatic rings. The summed E-state index contributed by atoms with van der Waals surface area (Å²) in [5, 5.41) is 3.31. The number of furan rings is 1. The number of esters is 1. The van der Waals surface area contributed by atoms with E-state index in [0.717, 1.165) is 29.1 Å². The van der Waals surface area contributed by atoms with Crippen molar-refractivity contribution in [3.05, 3.63) is 48.4 Å². The van der Waals surface area contributed by atoms with E-state index < -0.39 is 0 Å². The van der Waals surface area contributed by atoms with Crippen molar-refractivity contribution in [2.75, 3.05) is 11.9 Å². The highest BCUT2D eigenvalue weighted by Gasteiger charge is 2.25. The predicted octanol–water partition coefficient (Wildman–Crippen LogP) is 2.80. The first-order valence-corrected chi connectivity index (χ1v) is 7.57. The summed E-state index contributed by atoms with van der Waals surface area (Å²) in [5.74, 6) is -0.166. The summed E-state index contributed by atoms with van der Waals surface area (Å²) in [5.41, 5.74) is 2.15. The van der Waals surface area contributed by atoms with Gasteiger partial charge in [-0.1, -0.05) is 0 Å². The van der Waals surface area contributed by atoms with Gasteiger partial charge in [0.1, 0.15) is 6.04 Å². The molecule has 0 spiro atoms. The Kier molecular flexibility index (Phi) is 4.47. The average Bonchev–Trinajstić information content (AvgIpc) is 3.16. The molecule has 1 aliphatic rings. The van der Waals surface area contributed by atoms with Gasteiger partial charge in [-0.15, -0.1) is 0 Å². The minimum absolute atomic E-state index is 0.166. The lowest BCUT2D eigenvalue weighted by Gasteiger charge is -2.09. The van der Waals surface area contributed by atoms with Crippen LogP contribution in [-0.4, -0.2) is 18.6 Å². The summed E-state index contributed by atoms with van der Waals surface area (Å²) in [7, 11) is 0. The fourth-order valence-electron chi connectivity index (χ4n) is 1.98. The lowest BCUT2D eigenvalue weighted by atomic mass is 10.3. The van der Waals surface area contributed by atoms with Crippen molar-refractivity contribution in [1.82, 2.24) is 4.72 Å². The second kappa shape index (κ2) is 6.69. The first kappa shape index (κ1) is 14.0. The van der Waals surface area contributed by atoms with Gasteiger partial charge in [0.2, 0.25) is 0 Å². The molecule has 0 bridgehead atoms. The number of rotatable bonds is 6. The molecule has 1 unspecified atom stereocenters. The van der Waals surface area contributed by atoms with Gasteiger partial charge in [-0.3, -0.25) is 4.79 Å². The maximum atomic E-state index is 11.3. The Morgan fingerprint density at radius 1 is 1.24 bits per heavy atom. The van der Waals surface area contributed by atoms with Crippen molar-refractivity contribution in [3.8, 4) is 0 Å². The highest BCUT2D eigenvalue weighted by molar-refractivity contribution is 7.97. The van der Waals surface area contributed by atoms with Crippen molar-refractivity contribution in [2.45, 2.75) is 23.9 Å². The smallest absolute Gasteiger partial charge is 0.324 e. The van der Waals surface area contributed by atoms with Crippen LogP contribution in [-0.2, 0) is 16.1 Å². The number of benzene rings is 1. The Morgan fingerprint density at radius 3 is 2.76 bits per heavy atom. The van der Waals surface area contributed by atoms with Crippen molar-refractivity contribution in [1.29, 1.82) is 0 Å². The van der Waals surface area contributed by atoms with Gasteiger partial charge in [0.05, 0.1) is 19.1 Å². The van der Waals surface area contributed by atoms with Gasteiger partial charge in [0, 0.05) is 29.1 Å². The van der Waals surface area contributed by atoms with Crippen molar-refractivity contribution in [3.63, 3.8) is 0 Å². The Morgan fingerprint density at radius 2 is 2.10 bits per heavy atom. The maximum Gasteiger partial charge on any atom is 0.324 e. The molecule has 3 rings (SSSR count). The molecule has 0 saturated carbocycles. The second-order valence-corrected chi connectivity index (χ2v) is 5.65. The van der Waals surface area contributed by atoms with Crippen LogP contribution in [0, 0.1) is 0 Å². The molecule has 0 aliphatic carbocycles. The minimum Gasteiger partial charge on any atom is -0.472 e. The van der Waals surface area contributed by atoms with Crippen LogP contribution in [0.2, 0.25) is 0 Å². The van der Waals surface area contributed by atoms with E-state index in [9.17, 15) is 4.79 Å². The lowest BCUT2D eigenvalue weighted by molar-refractivity contribution is -0.139. The third kappa shape index (κ3) is 3.80. The third-order valence-electron chi connectivity index (χ3n) is 3.19. The van der Waals surface area contributed by atoms with Gasteiger partial charge < -0.3 is 14.5 Å². The summed E-state index contributed by atoms with van der Waals surface area (Å²) in [4.78, 5) is 12.4. The fraction of sp³-hybridized carbons (Fsp3) is 0.267. The Labute approximate surface area is 127 Å². The van der Waals surface area contributed by atoms with Crippen LogP contribution in [0.3, 0.4) is 0 Å². The summed E-state index contributed by atoms with van der Waals surface area (Å²) >= 11 is 1.45. The molecular weight excluding hydrogens is 288 g/mol. The highest BCUT2D eigenvalue weighted by Crippen LogP contribution is 2.20. The molecule has 6 heteroatoms. The fourth-order valence-corrected chi connectivity index (χ4v) is 2.74. The Balaban J connectivity index is 1.48. The van der Waals surface area contributed by atoms with E-state index in [-0.39, 0.29) is 12.0 Å². The number of cyclic esters (lactones) is 1. The van der Waals surface area contributed by atoms with Crippen LogP contribution < -0.4 is 10.0 Å². The van der Waals surface area contributed by atoms with Crippen molar-refractivity contribution < 1.29 is 13.9 Å². The molecule has 0 radical (unpaired) electrons. The van der Waals surface area contributed by atoms with E-state index in [2.05, 4.69) is 10.0 Å². The van der Waals surface area contributed by atoms with Crippen LogP contribution in [0.1, 0.15) is 12.0 Å². The largest absolute Gasteiger partial charge is 0.472 e. The van der Waals surface area contributed by atoms with Gasteiger partial charge in [-0.25, -0.2) is 4.72 Å². The van der Waals surface area contributed by atoms with Crippen LogP contribution in [0.5, 0.6) is 0 Å². The Bertz CT molecular complexity index is 583. The number of hydrogen-bond donors (Lipinski definition) is 2. The molecule has 1 aromatic carbocycles. The molecule has 1 saturated heterocycles. The number of ether oxygens (including phenoxy) is 1. The summed E-state index contributed by atoms with van der Waals surface area (Å²) in [6, 6.07) is 9.77. The van der Waals surface area contributed by atoms with Crippen molar-refractivity contribution in [2.24, 2.45) is 0 Å². The highest BCUT2D eigenvalue weighted by atomic mass is 32.2. The molecule has 21 heavy (non-hydrogen) atoms. The zero-order valence-electron chi connectivity index (χ0n) is 11.4. The van der Waals surface area contributed by atoms with Crippen LogP contribution in [0.15, 0.2) is 52.2 Å². The number of hydrogen-bond acceptors (Lipinski definition) is 6. The molecule has 1 fully saturated rings.